The molecule has 1 aliphatic heterocycles. The molecule has 25 heavy (non-hydrogen) atoms. The van der Waals surface area contributed by atoms with Crippen LogP contribution in [0.25, 0.3) is 0 Å². The van der Waals surface area contributed by atoms with E-state index in [1.54, 1.807) is 26.2 Å². The van der Waals surface area contributed by atoms with Gasteiger partial charge in [0.15, 0.2) is 11.5 Å². The molecule has 1 N–H and O–H groups in total. The van der Waals surface area contributed by atoms with Crippen LogP contribution in [0.2, 0.25) is 0 Å². The van der Waals surface area contributed by atoms with E-state index in [1.165, 1.54) is 0 Å². The summed E-state index contributed by atoms with van der Waals surface area (Å²) in [7, 11) is 4.74. The summed E-state index contributed by atoms with van der Waals surface area (Å²) in [6.07, 6.45) is -0.300. The van der Waals surface area contributed by atoms with E-state index in [-0.39, 0.29) is 12.1 Å². The molecule has 0 aromatic heterocycles. The lowest BCUT2D eigenvalue weighted by Gasteiger charge is -2.35. The average molecular weight is 352 g/mol. The van der Waals surface area contributed by atoms with Crippen molar-refractivity contribution in [3.63, 3.8) is 0 Å². The minimum Gasteiger partial charge on any atom is -0.493 e. The largest absolute Gasteiger partial charge is 0.493 e. The zero-order chi connectivity index (χ0) is 18.6. The molecule has 0 unspecified atom stereocenters. The van der Waals surface area contributed by atoms with Crippen molar-refractivity contribution < 1.29 is 23.7 Å². The first-order valence-corrected chi connectivity index (χ1v) is 8.30. The molecule has 1 heterocycles. The summed E-state index contributed by atoms with van der Waals surface area (Å²) in [4.78, 5) is 14.1. The fraction of sp³-hybridized carbons (Fsp3) is 0.611. The van der Waals surface area contributed by atoms with Crippen molar-refractivity contribution in [2.24, 2.45) is 0 Å². The molecule has 140 valence electrons. The first-order chi connectivity index (χ1) is 11.8. The third kappa shape index (κ3) is 4.69. The maximum absolute atomic E-state index is 12.3. The van der Waals surface area contributed by atoms with Crippen molar-refractivity contribution in [3.05, 3.63) is 17.7 Å². The molecular weight excluding hydrogens is 324 g/mol. The van der Waals surface area contributed by atoms with Crippen LogP contribution >= 0.6 is 0 Å². The number of piperazine rings is 1. The summed E-state index contributed by atoms with van der Waals surface area (Å²) in [6, 6.07) is 3.75. The van der Waals surface area contributed by atoms with Crippen molar-refractivity contribution >= 4 is 6.09 Å². The van der Waals surface area contributed by atoms with Gasteiger partial charge in [-0.05, 0) is 38.5 Å². The first kappa shape index (κ1) is 19.2. The van der Waals surface area contributed by atoms with E-state index in [2.05, 4.69) is 5.32 Å². The van der Waals surface area contributed by atoms with Gasteiger partial charge in [-0.3, -0.25) is 0 Å². The van der Waals surface area contributed by atoms with Gasteiger partial charge in [0, 0.05) is 19.6 Å². The molecule has 7 heteroatoms. The molecule has 0 saturated carbocycles. The highest BCUT2D eigenvalue weighted by atomic mass is 16.6. The summed E-state index contributed by atoms with van der Waals surface area (Å²) in [5.74, 6) is 1.73. The van der Waals surface area contributed by atoms with Gasteiger partial charge in [0.25, 0.3) is 0 Å². The number of ether oxygens (including phenoxy) is 4. The van der Waals surface area contributed by atoms with Crippen LogP contribution in [0.4, 0.5) is 4.79 Å². The van der Waals surface area contributed by atoms with Crippen molar-refractivity contribution in [1.29, 1.82) is 0 Å². The molecule has 0 aliphatic carbocycles. The lowest BCUT2D eigenvalue weighted by molar-refractivity contribution is 0.0195. The normalized spacial score (nSPS) is 17.8. The highest BCUT2D eigenvalue weighted by Gasteiger charge is 2.29. The summed E-state index contributed by atoms with van der Waals surface area (Å²) in [5.41, 5.74) is 0.451. The predicted octanol–water partition coefficient (Wildman–Crippen LogP) is 2.59. The van der Waals surface area contributed by atoms with Gasteiger partial charge in [0.2, 0.25) is 5.75 Å². The minimum absolute atomic E-state index is 0.0463. The number of hydrogen-bond acceptors (Lipinski definition) is 6. The zero-order valence-corrected chi connectivity index (χ0v) is 15.8. The summed E-state index contributed by atoms with van der Waals surface area (Å²) in [5, 5.41) is 3.42. The van der Waals surface area contributed by atoms with Crippen LogP contribution in [0.1, 0.15) is 32.4 Å². The van der Waals surface area contributed by atoms with E-state index in [0.29, 0.717) is 36.9 Å². The van der Waals surface area contributed by atoms with Gasteiger partial charge < -0.3 is 29.2 Å². The molecular formula is C18H28N2O5. The Balaban J connectivity index is 2.22. The molecule has 0 bridgehead atoms. The molecule has 1 aromatic carbocycles. The molecule has 7 nitrogen and oxygen atoms in total. The van der Waals surface area contributed by atoms with Gasteiger partial charge >= 0.3 is 6.09 Å². The summed E-state index contributed by atoms with van der Waals surface area (Å²) >= 11 is 0. The van der Waals surface area contributed by atoms with Crippen LogP contribution in [0.15, 0.2) is 12.1 Å². The van der Waals surface area contributed by atoms with Gasteiger partial charge in [-0.25, -0.2) is 4.79 Å². The van der Waals surface area contributed by atoms with E-state index in [4.69, 9.17) is 18.9 Å². The van der Waals surface area contributed by atoms with Crippen molar-refractivity contribution in [3.8, 4) is 17.2 Å². The van der Waals surface area contributed by atoms with Crippen LogP contribution in [-0.2, 0) is 4.74 Å². The second kappa shape index (κ2) is 7.82. The number of amides is 1. The highest BCUT2D eigenvalue weighted by Crippen LogP contribution is 2.40. The predicted molar refractivity (Wildman–Crippen MR) is 94.6 cm³/mol. The number of carbonyl (C=O) groups is 1. The Morgan fingerprint density at radius 1 is 1.12 bits per heavy atom. The second-order valence-electron chi connectivity index (χ2n) is 6.89. The molecule has 2 rings (SSSR count). The third-order valence-electron chi connectivity index (χ3n) is 3.92. The van der Waals surface area contributed by atoms with Gasteiger partial charge in [-0.2, -0.15) is 0 Å². The SMILES string of the molecule is COc1cc([C@@H]2CN(C(=O)OC(C)(C)C)CCN2)cc(OC)c1OC. The number of hydrogen-bond donors (Lipinski definition) is 1. The van der Waals surface area contributed by atoms with Crippen LogP contribution in [-0.4, -0.2) is 57.6 Å². The van der Waals surface area contributed by atoms with E-state index < -0.39 is 5.60 Å². The lowest BCUT2D eigenvalue weighted by Crippen LogP contribution is -2.49. The van der Waals surface area contributed by atoms with Crippen LogP contribution in [0, 0.1) is 0 Å². The van der Waals surface area contributed by atoms with Crippen LogP contribution in [0.5, 0.6) is 17.2 Å². The summed E-state index contributed by atoms with van der Waals surface area (Å²) in [6.45, 7) is 7.39. The van der Waals surface area contributed by atoms with E-state index >= 15 is 0 Å². The van der Waals surface area contributed by atoms with E-state index in [9.17, 15) is 4.79 Å². The second-order valence-corrected chi connectivity index (χ2v) is 6.89. The third-order valence-corrected chi connectivity index (χ3v) is 3.92. The summed E-state index contributed by atoms with van der Waals surface area (Å²) < 4.78 is 21.7. The Morgan fingerprint density at radius 3 is 2.20 bits per heavy atom. The number of nitrogens with zero attached hydrogens (tertiary/aromatic N) is 1. The van der Waals surface area contributed by atoms with Gasteiger partial charge in [0.05, 0.1) is 27.4 Å². The molecule has 1 saturated heterocycles. The number of nitrogens with one attached hydrogen (secondary N) is 1. The molecule has 1 atom stereocenters. The number of methoxy groups -OCH3 is 3. The Labute approximate surface area is 149 Å². The molecule has 1 aromatic rings. The zero-order valence-electron chi connectivity index (χ0n) is 15.8. The van der Waals surface area contributed by atoms with Crippen molar-refractivity contribution in [1.82, 2.24) is 10.2 Å². The Morgan fingerprint density at radius 2 is 1.72 bits per heavy atom. The first-order valence-electron chi connectivity index (χ1n) is 8.30. The molecule has 1 aliphatic rings. The quantitative estimate of drug-likeness (QED) is 0.898. The monoisotopic (exact) mass is 352 g/mol. The average Bonchev–Trinajstić information content (AvgIpc) is 2.59. The fourth-order valence-electron chi connectivity index (χ4n) is 2.77. The molecule has 1 fully saturated rings. The number of benzene rings is 1. The number of carbonyl (C=O) groups excluding carboxylic acids is 1. The van der Waals surface area contributed by atoms with Crippen molar-refractivity contribution in [2.45, 2.75) is 32.4 Å². The van der Waals surface area contributed by atoms with Crippen LogP contribution < -0.4 is 19.5 Å². The van der Waals surface area contributed by atoms with Gasteiger partial charge in [-0.1, -0.05) is 0 Å². The Hall–Kier alpha value is -2.15. The minimum atomic E-state index is -0.510. The maximum Gasteiger partial charge on any atom is 0.410 e. The maximum atomic E-state index is 12.3. The van der Waals surface area contributed by atoms with E-state index in [1.807, 2.05) is 32.9 Å². The fourth-order valence-corrected chi connectivity index (χ4v) is 2.77. The Bertz CT molecular complexity index is 587. The van der Waals surface area contributed by atoms with Gasteiger partial charge in [-0.15, -0.1) is 0 Å². The van der Waals surface area contributed by atoms with E-state index in [0.717, 1.165) is 5.56 Å². The smallest absolute Gasteiger partial charge is 0.410 e. The van der Waals surface area contributed by atoms with Crippen LogP contribution in [0.3, 0.4) is 0 Å². The number of rotatable bonds is 4. The van der Waals surface area contributed by atoms with Crippen molar-refractivity contribution in [2.75, 3.05) is 41.0 Å². The topological polar surface area (TPSA) is 69.3 Å². The standard InChI is InChI=1S/C18H28N2O5/c1-18(2,3)25-17(21)20-8-7-19-13(11-20)12-9-14(22-4)16(24-6)15(10-12)23-5/h9-10,13,19H,7-8,11H2,1-6H3/t13-/m0/s1. The highest BCUT2D eigenvalue weighted by molar-refractivity contribution is 5.68. The Kier molecular flexibility index (Phi) is 6.00. The lowest BCUT2D eigenvalue weighted by atomic mass is 10.0. The molecule has 0 spiro atoms. The molecule has 0 radical (unpaired) electrons. The van der Waals surface area contributed by atoms with Gasteiger partial charge in [0.1, 0.15) is 5.60 Å². The molecule has 1 amide bonds.